The number of allylic oxidation sites excluding steroid dienone is 4. The van der Waals surface area contributed by atoms with Gasteiger partial charge in [0.2, 0.25) is 0 Å². The van der Waals surface area contributed by atoms with Crippen LogP contribution in [0.4, 0.5) is 0 Å². The molecule has 8 aromatic rings. The lowest BCUT2D eigenvalue weighted by Gasteiger charge is -2.24. The molecular formula is C50H34O. The van der Waals surface area contributed by atoms with Crippen LogP contribution in [0.25, 0.3) is 77.4 Å². The molecule has 1 aliphatic rings. The minimum absolute atomic E-state index is 0.816. The molecule has 9 rings (SSSR count). The Hall–Kier alpha value is -6.70. The van der Waals surface area contributed by atoms with Gasteiger partial charge < -0.3 is 4.74 Å². The first-order chi connectivity index (χ1) is 25.2. The maximum Gasteiger partial charge on any atom is 0.135 e. The highest BCUT2D eigenvalue weighted by atomic mass is 16.5. The molecule has 240 valence electrons. The zero-order valence-electron chi connectivity index (χ0n) is 28.1. The molecule has 0 unspecified atom stereocenters. The summed E-state index contributed by atoms with van der Waals surface area (Å²) in [6, 6.07) is 62.8. The first-order valence-electron chi connectivity index (χ1n) is 17.4. The van der Waals surface area contributed by atoms with Crippen molar-refractivity contribution in [1.82, 2.24) is 0 Å². The average molecular weight is 651 g/mol. The molecule has 0 fully saturated rings. The standard InChI is InChI=1S/C50H34O/c1-2-11-40(34-22-26-38(27-23-34)44-20-9-14-36-12-3-5-16-42(36)44)33-50-47-19-8-7-18-46(47)48-32-41(30-31-49(48)51-50)35-24-28-39(29-25-35)45-21-10-15-37-13-4-6-17-43(37)45/h2-33H,1H2/b40-11+,50-33-. The predicted molar refractivity (Wildman–Crippen MR) is 216 cm³/mol. The molecule has 1 nitrogen and oxygen atoms in total. The lowest BCUT2D eigenvalue weighted by atomic mass is 9.90. The first-order valence-corrected chi connectivity index (χ1v) is 17.4. The monoisotopic (exact) mass is 650 g/mol. The highest BCUT2D eigenvalue weighted by Crippen LogP contribution is 2.45. The van der Waals surface area contributed by atoms with E-state index in [4.69, 9.17) is 4.74 Å². The number of fused-ring (bicyclic) bond motifs is 5. The van der Waals surface area contributed by atoms with E-state index in [0.29, 0.717) is 0 Å². The van der Waals surface area contributed by atoms with E-state index in [1.54, 1.807) is 0 Å². The zero-order chi connectivity index (χ0) is 34.1. The number of rotatable bonds is 6. The second-order valence-electron chi connectivity index (χ2n) is 12.9. The third-order valence-corrected chi connectivity index (χ3v) is 9.90. The topological polar surface area (TPSA) is 9.23 Å². The van der Waals surface area contributed by atoms with Gasteiger partial charge in [-0.15, -0.1) is 0 Å². The number of benzene rings is 8. The highest BCUT2D eigenvalue weighted by Gasteiger charge is 2.22. The highest BCUT2D eigenvalue weighted by molar-refractivity contribution is 5.99. The lowest BCUT2D eigenvalue weighted by Crippen LogP contribution is -2.05. The Morgan fingerprint density at radius 3 is 1.59 bits per heavy atom. The van der Waals surface area contributed by atoms with E-state index in [9.17, 15) is 0 Å². The van der Waals surface area contributed by atoms with Crippen LogP contribution in [0, 0.1) is 0 Å². The van der Waals surface area contributed by atoms with Gasteiger partial charge in [0.25, 0.3) is 0 Å². The van der Waals surface area contributed by atoms with Crippen LogP contribution in [-0.4, -0.2) is 0 Å². The molecule has 0 spiro atoms. The van der Waals surface area contributed by atoms with Crippen molar-refractivity contribution in [1.29, 1.82) is 0 Å². The van der Waals surface area contributed by atoms with Crippen LogP contribution in [0.3, 0.4) is 0 Å². The molecule has 0 N–H and O–H groups in total. The van der Waals surface area contributed by atoms with Crippen molar-refractivity contribution >= 4 is 32.9 Å². The summed E-state index contributed by atoms with van der Waals surface area (Å²) >= 11 is 0. The van der Waals surface area contributed by atoms with Gasteiger partial charge in [-0.2, -0.15) is 0 Å². The Bertz CT molecular complexity index is 2640. The van der Waals surface area contributed by atoms with Gasteiger partial charge in [-0.05, 0) is 89.8 Å². The minimum Gasteiger partial charge on any atom is -0.456 e. The van der Waals surface area contributed by atoms with E-state index in [1.165, 1.54) is 49.4 Å². The van der Waals surface area contributed by atoms with Gasteiger partial charge >= 0.3 is 0 Å². The first kappa shape index (κ1) is 30.4. The van der Waals surface area contributed by atoms with Crippen molar-refractivity contribution in [3.63, 3.8) is 0 Å². The van der Waals surface area contributed by atoms with Gasteiger partial charge in [-0.25, -0.2) is 0 Å². The predicted octanol–water partition coefficient (Wildman–Crippen LogP) is 13.7. The average Bonchev–Trinajstić information content (AvgIpc) is 3.20. The molecule has 0 saturated carbocycles. The second kappa shape index (κ2) is 13.0. The molecule has 0 saturated heterocycles. The van der Waals surface area contributed by atoms with E-state index >= 15 is 0 Å². The Labute approximate surface area is 298 Å². The zero-order valence-corrected chi connectivity index (χ0v) is 28.1. The van der Waals surface area contributed by atoms with E-state index in [1.807, 2.05) is 12.2 Å². The minimum atomic E-state index is 0.816. The molecule has 0 aliphatic carbocycles. The fourth-order valence-electron chi connectivity index (χ4n) is 7.36. The van der Waals surface area contributed by atoms with Crippen molar-refractivity contribution in [3.05, 3.63) is 212 Å². The van der Waals surface area contributed by atoms with Crippen molar-refractivity contribution < 1.29 is 4.74 Å². The molecule has 0 atom stereocenters. The Balaban J connectivity index is 1.03. The summed E-state index contributed by atoms with van der Waals surface area (Å²) in [5, 5.41) is 5.01. The fourth-order valence-corrected chi connectivity index (χ4v) is 7.36. The molecule has 51 heavy (non-hydrogen) atoms. The summed E-state index contributed by atoms with van der Waals surface area (Å²) in [5.41, 5.74) is 12.6. The normalized spacial score (nSPS) is 13.1. The third-order valence-electron chi connectivity index (χ3n) is 9.90. The van der Waals surface area contributed by atoms with E-state index in [2.05, 4.69) is 189 Å². The molecule has 0 bridgehead atoms. The lowest BCUT2D eigenvalue weighted by molar-refractivity contribution is 0.512. The van der Waals surface area contributed by atoms with Crippen LogP contribution in [0.2, 0.25) is 0 Å². The summed E-state index contributed by atoms with van der Waals surface area (Å²) in [4.78, 5) is 0. The Morgan fingerprint density at radius 2 is 0.941 bits per heavy atom. The largest absolute Gasteiger partial charge is 0.456 e. The SMILES string of the molecule is C=C/C=C(\C=C1/Oc2ccc(-c3ccc(-c4cccc5ccccc45)cc3)cc2-c2ccccc21)c1ccc(-c2cccc3ccccc23)cc1. The number of ether oxygens (including phenoxy) is 1. The van der Waals surface area contributed by atoms with Gasteiger partial charge in [-0.3, -0.25) is 0 Å². The molecule has 0 aromatic heterocycles. The van der Waals surface area contributed by atoms with Crippen LogP contribution in [0.15, 0.2) is 201 Å². The molecule has 0 amide bonds. The van der Waals surface area contributed by atoms with E-state index in [-0.39, 0.29) is 0 Å². The Morgan fingerprint density at radius 1 is 0.431 bits per heavy atom. The van der Waals surface area contributed by atoms with Gasteiger partial charge in [0, 0.05) is 11.1 Å². The summed E-state index contributed by atoms with van der Waals surface area (Å²) in [7, 11) is 0. The summed E-state index contributed by atoms with van der Waals surface area (Å²) in [5.74, 6) is 1.66. The summed E-state index contributed by atoms with van der Waals surface area (Å²) < 4.78 is 6.69. The molecule has 1 heterocycles. The van der Waals surface area contributed by atoms with Crippen molar-refractivity contribution in [3.8, 4) is 50.3 Å². The van der Waals surface area contributed by atoms with Crippen LogP contribution in [0.1, 0.15) is 11.1 Å². The van der Waals surface area contributed by atoms with Crippen molar-refractivity contribution in [2.75, 3.05) is 0 Å². The van der Waals surface area contributed by atoms with Crippen molar-refractivity contribution in [2.45, 2.75) is 0 Å². The van der Waals surface area contributed by atoms with Crippen LogP contribution < -0.4 is 4.74 Å². The smallest absolute Gasteiger partial charge is 0.135 e. The Kier molecular flexibility index (Phi) is 7.72. The maximum atomic E-state index is 6.69. The maximum absolute atomic E-state index is 6.69. The third kappa shape index (κ3) is 5.65. The summed E-state index contributed by atoms with van der Waals surface area (Å²) in [6.45, 7) is 4.03. The molecular weight excluding hydrogens is 617 g/mol. The quantitative estimate of drug-likeness (QED) is 0.163. The molecule has 1 aliphatic heterocycles. The van der Waals surface area contributed by atoms with Crippen LogP contribution in [0.5, 0.6) is 5.75 Å². The van der Waals surface area contributed by atoms with Crippen molar-refractivity contribution in [2.24, 2.45) is 0 Å². The molecule has 0 radical (unpaired) electrons. The molecule has 1 heteroatoms. The number of hydrogen-bond acceptors (Lipinski definition) is 1. The van der Waals surface area contributed by atoms with E-state index < -0.39 is 0 Å². The second-order valence-corrected chi connectivity index (χ2v) is 12.9. The fraction of sp³-hybridized carbons (Fsp3) is 0. The van der Waals surface area contributed by atoms with Crippen LogP contribution >= 0.6 is 0 Å². The summed E-state index contributed by atoms with van der Waals surface area (Å²) in [6.07, 6.45) is 6.02. The van der Waals surface area contributed by atoms with Gasteiger partial charge in [0.05, 0.1) is 0 Å². The van der Waals surface area contributed by atoms with Gasteiger partial charge in [0.1, 0.15) is 11.5 Å². The molecule has 8 aromatic carbocycles. The van der Waals surface area contributed by atoms with Crippen LogP contribution in [-0.2, 0) is 0 Å². The van der Waals surface area contributed by atoms with Gasteiger partial charge in [-0.1, -0.05) is 183 Å². The van der Waals surface area contributed by atoms with E-state index in [0.717, 1.165) is 44.9 Å². The van der Waals surface area contributed by atoms with Gasteiger partial charge in [0.15, 0.2) is 0 Å². The number of hydrogen-bond donors (Lipinski definition) is 0.